The van der Waals surface area contributed by atoms with Crippen LogP contribution in [0.4, 0.5) is 10.8 Å². The monoisotopic (exact) mass is 289 g/mol. The van der Waals surface area contributed by atoms with Gasteiger partial charge in [0, 0.05) is 17.3 Å². The van der Waals surface area contributed by atoms with Crippen LogP contribution in [0.1, 0.15) is 24.5 Å². The van der Waals surface area contributed by atoms with Crippen LogP contribution in [0.2, 0.25) is 0 Å². The van der Waals surface area contributed by atoms with Crippen molar-refractivity contribution in [3.05, 3.63) is 40.9 Å². The van der Waals surface area contributed by atoms with Crippen molar-refractivity contribution in [1.29, 1.82) is 0 Å². The van der Waals surface area contributed by atoms with Gasteiger partial charge in [0.25, 0.3) is 0 Å². The van der Waals surface area contributed by atoms with Crippen LogP contribution >= 0.6 is 11.3 Å². The molecule has 0 unspecified atom stereocenters. The molecule has 0 bridgehead atoms. The molecular weight excluding hydrogens is 270 g/mol. The highest BCUT2D eigenvalue weighted by atomic mass is 32.1. The summed E-state index contributed by atoms with van der Waals surface area (Å²) in [6.07, 6.45) is 2.39. The second kappa shape index (κ2) is 6.52. The van der Waals surface area contributed by atoms with E-state index in [1.807, 2.05) is 24.4 Å². The number of benzene rings is 1. The highest BCUT2D eigenvalue weighted by molar-refractivity contribution is 7.13. The lowest BCUT2D eigenvalue weighted by Crippen LogP contribution is -2.34. The summed E-state index contributed by atoms with van der Waals surface area (Å²) in [4.78, 5) is 16.3. The summed E-state index contributed by atoms with van der Waals surface area (Å²) >= 11 is 1.42. The second-order valence-corrected chi connectivity index (χ2v) is 5.70. The molecule has 4 nitrogen and oxygen atoms in total. The molecule has 0 aliphatic heterocycles. The summed E-state index contributed by atoms with van der Waals surface area (Å²) in [5, 5.41) is 8.59. The van der Waals surface area contributed by atoms with Gasteiger partial charge in [0.1, 0.15) is 6.04 Å². The standard InChI is InChI=1S/C15H19N3OS/c1-4-13(14(19)18-15-16-5-6-20-15)17-12-8-10(2)7-11(3)9-12/h5-9,13,17H,4H2,1-3H3,(H,16,18,19)/t13-/m1/s1. The van der Waals surface area contributed by atoms with Crippen LogP contribution in [0.5, 0.6) is 0 Å². The molecule has 2 N–H and O–H groups in total. The summed E-state index contributed by atoms with van der Waals surface area (Å²) in [7, 11) is 0. The Labute approximate surface area is 123 Å². The Morgan fingerprint density at radius 1 is 1.30 bits per heavy atom. The summed E-state index contributed by atoms with van der Waals surface area (Å²) in [5.41, 5.74) is 3.34. The summed E-state index contributed by atoms with van der Waals surface area (Å²) in [6.45, 7) is 6.09. The maximum Gasteiger partial charge on any atom is 0.248 e. The van der Waals surface area contributed by atoms with Gasteiger partial charge in [-0.2, -0.15) is 0 Å². The molecule has 0 aliphatic carbocycles. The number of aromatic nitrogens is 1. The molecular formula is C15H19N3OS. The van der Waals surface area contributed by atoms with Crippen molar-refractivity contribution in [2.75, 3.05) is 10.6 Å². The Hall–Kier alpha value is -1.88. The third-order valence-electron chi connectivity index (χ3n) is 2.95. The van der Waals surface area contributed by atoms with E-state index in [9.17, 15) is 4.79 Å². The first-order chi connectivity index (χ1) is 9.58. The van der Waals surface area contributed by atoms with E-state index >= 15 is 0 Å². The molecule has 0 saturated carbocycles. The molecule has 5 heteroatoms. The molecule has 1 amide bonds. The molecule has 1 atom stereocenters. The van der Waals surface area contributed by atoms with Crippen molar-refractivity contribution in [1.82, 2.24) is 4.98 Å². The van der Waals surface area contributed by atoms with Crippen LogP contribution in [-0.2, 0) is 4.79 Å². The largest absolute Gasteiger partial charge is 0.374 e. The smallest absolute Gasteiger partial charge is 0.248 e. The van der Waals surface area contributed by atoms with Crippen molar-refractivity contribution in [2.24, 2.45) is 0 Å². The van der Waals surface area contributed by atoms with Crippen LogP contribution in [0.3, 0.4) is 0 Å². The number of amides is 1. The van der Waals surface area contributed by atoms with Crippen LogP contribution in [0, 0.1) is 13.8 Å². The number of thiazole rings is 1. The summed E-state index contributed by atoms with van der Waals surface area (Å²) in [6, 6.07) is 5.94. The zero-order chi connectivity index (χ0) is 14.5. The van der Waals surface area contributed by atoms with Gasteiger partial charge in [-0.25, -0.2) is 4.98 Å². The normalized spacial score (nSPS) is 11.9. The van der Waals surface area contributed by atoms with E-state index in [1.54, 1.807) is 6.20 Å². The van der Waals surface area contributed by atoms with E-state index in [-0.39, 0.29) is 11.9 Å². The van der Waals surface area contributed by atoms with E-state index in [0.717, 1.165) is 5.69 Å². The number of rotatable bonds is 5. The third kappa shape index (κ3) is 3.81. The lowest BCUT2D eigenvalue weighted by atomic mass is 10.1. The lowest BCUT2D eigenvalue weighted by molar-refractivity contribution is -0.116. The van der Waals surface area contributed by atoms with Gasteiger partial charge < -0.3 is 10.6 Å². The second-order valence-electron chi connectivity index (χ2n) is 4.81. The molecule has 0 saturated heterocycles. The molecule has 1 aromatic heterocycles. The Morgan fingerprint density at radius 3 is 2.55 bits per heavy atom. The highest BCUT2D eigenvalue weighted by Crippen LogP contribution is 2.17. The minimum absolute atomic E-state index is 0.0541. The van der Waals surface area contributed by atoms with Gasteiger partial charge in [-0.05, 0) is 43.5 Å². The average molecular weight is 289 g/mol. The highest BCUT2D eigenvalue weighted by Gasteiger charge is 2.17. The molecule has 0 radical (unpaired) electrons. The van der Waals surface area contributed by atoms with Crippen molar-refractivity contribution in [2.45, 2.75) is 33.2 Å². The molecule has 106 valence electrons. The summed E-state index contributed by atoms with van der Waals surface area (Å²) in [5.74, 6) is -0.0541. The first-order valence-electron chi connectivity index (χ1n) is 6.63. The minimum Gasteiger partial charge on any atom is -0.374 e. The van der Waals surface area contributed by atoms with Crippen molar-refractivity contribution >= 4 is 28.1 Å². The molecule has 0 fully saturated rings. The number of anilines is 2. The fraction of sp³-hybridized carbons (Fsp3) is 0.333. The lowest BCUT2D eigenvalue weighted by Gasteiger charge is -2.18. The Morgan fingerprint density at radius 2 is 2.00 bits per heavy atom. The third-order valence-corrected chi connectivity index (χ3v) is 3.64. The van der Waals surface area contributed by atoms with Gasteiger partial charge in [-0.3, -0.25) is 4.79 Å². The van der Waals surface area contributed by atoms with Crippen LogP contribution in [-0.4, -0.2) is 16.9 Å². The van der Waals surface area contributed by atoms with Gasteiger partial charge in [0.05, 0.1) is 0 Å². The van der Waals surface area contributed by atoms with Gasteiger partial charge in [0.2, 0.25) is 5.91 Å². The first kappa shape index (κ1) is 14.5. The van der Waals surface area contributed by atoms with Crippen LogP contribution < -0.4 is 10.6 Å². The van der Waals surface area contributed by atoms with Gasteiger partial charge >= 0.3 is 0 Å². The van der Waals surface area contributed by atoms with E-state index < -0.39 is 0 Å². The van der Waals surface area contributed by atoms with E-state index in [0.29, 0.717) is 11.6 Å². The molecule has 1 heterocycles. The number of aryl methyl sites for hydroxylation is 2. The van der Waals surface area contributed by atoms with Gasteiger partial charge in [-0.15, -0.1) is 11.3 Å². The Kier molecular flexibility index (Phi) is 4.74. The Bertz CT molecular complexity index is 561. The van der Waals surface area contributed by atoms with Gasteiger partial charge in [0.15, 0.2) is 5.13 Å². The molecule has 2 rings (SSSR count). The number of nitrogens with zero attached hydrogens (tertiary/aromatic N) is 1. The van der Waals surface area contributed by atoms with Crippen molar-refractivity contribution in [3.8, 4) is 0 Å². The predicted octanol–water partition coefficient (Wildman–Crippen LogP) is 3.59. The number of hydrogen-bond donors (Lipinski definition) is 2. The fourth-order valence-corrected chi connectivity index (χ4v) is 2.62. The molecule has 1 aromatic carbocycles. The van der Waals surface area contributed by atoms with Crippen molar-refractivity contribution < 1.29 is 4.79 Å². The maximum absolute atomic E-state index is 12.2. The summed E-state index contributed by atoms with van der Waals surface area (Å²) < 4.78 is 0. The zero-order valence-corrected chi connectivity index (χ0v) is 12.8. The predicted molar refractivity (Wildman–Crippen MR) is 84.4 cm³/mol. The fourth-order valence-electron chi connectivity index (χ4n) is 2.09. The number of nitrogens with one attached hydrogen (secondary N) is 2. The van der Waals surface area contributed by atoms with Gasteiger partial charge in [-0.1, -0.05) is 13.0 Å². The quantitative estimate of drug-likeness (QED) is 0.884. The number of carbonyl (C=O) groups excluding carboxylic acids is 1. The topological polar surface area (TPSA) is 54.0 Å². The Balaban J connectivity index is 2.06. The number of hydrogen-bond acceptors (Lipinski definition) is 4. The van der Waals surface area contributed by atoms with Crippen molar-refractivity contribution in [3.63, 3.8) is 0 Å². The molecule has 2 aromatic rings. The van der Waals surface area contributed by atoms with Crippen LogP contribution in [0.25, 0.3) is 0 Å². The SMILES string of the molecule is CC[C@@H](Nc1cc(C)cc(C)c1)C(=O)Nc1nccs1. The van der Waals surface area contributed by atoms with E-state index in [4.69, 9.17) is 0 Å². The van der Waals surface area contributed by atoms with E-state index in [1.165, 1.54) is 22.5 Å². The maximum atomic E-state index is 12.2. The molecule has 20 heavy (non-hydrogen) atoms. The van der Waals surface area contributed by atoms with E-state index in [2.05, 4.69) is 35.5 Å². The minimum atomic E-state index is -0.264. The zero-order valence-electron chi connectivity index (χ0n) is 11.9. The molecule has 0 spiro atoms. The molecule has 0 aliphatic rings. The van der Waals surface area contributed by atoms with Crippen LogP contribution in [0.15, 0.2) is 29.8 Å². The first-order valence-corrected chi connectivity index (χ1v) is 7.51. The number of carbonyl (C=O) groups is 1. The average Bonchev–Trinajstić information content (AvgIpc) is 2.87.